The summed E-state index contributed by atoms with van der Waals surface area (Å²) in [5, 5.41) is 3.45. The summed E-state index contributed by atoms with van der Waals surface area (Å²) in [4.78, 5) is 2.48. The zero-order chi connectivity index (χ0) is 15.4. The molecule has 0 unspecified atom stereocenters. The van der Waals surface area contributed by atoms with Crippen LogP contribution in [0.25, 0.3) is 0 Å². The van der Waals surface area contributed by atoms with Gasteiger partial charge >= 0.3 is 0 Å². The standard InChI is InChI=1S/C16H34N2O3/c1-4-20-12-10-18(11-13-21-5-2)14-16(15-19-3)6-8-17-9-7-16/h17H,4-15H2,1-3H3. The molecule has 0 aromatic heterocycles. The summed E-state index contributed by atoms with van der Waals surface area (Å²) in [6, 6.07) is 0. The zero-order valence-corrected chi connectivity index (χ0v) is 14.2. The second-order valence-corrected chi connectivity index (χ2v) is 5.85. The molecule has 0 atom stereocenters. The normalized spacial score (nSPS) is 18.3. The lowest BCUT2D eigenvalue weighted by Crippen LogP contribution is -2.48. The van der Waals surface area contributed by atoms with Crippen LogP contribution >= 0.6 is 0 Å². The molecule has 0 bridgehead atoms. The van der Waals surface area contributed by atoms with Gasteiger partial charge in [-0.2, -0.15) is 0 Å². The molecule has 1 N–H and O–H groups in total. The molecule has 0 amide bonds. The van der Waals surface area contributed by atoms with Crippen molar-refractivity contribution < 1.29 is 14.2 Å². The van der Waals surface area contributed by atoms with Crippen molar-refractivity contribution in [1.82, 2.24) is 10.2 Å². The van der Waals surface area contributed by atoms with E-state index < -0.39 is 0 Å². The highest BCUT2D eigenvalue weighted by molar-refractivity contribution is 4.87. The Morgan fingerprint density at radius 3 is 2.05 bits per heavy atom. The average molecular weight is 302 g/mol. The molecular formula is C16H34N2O3. The highest BCUT2D eigenvalue weighted by atomic mass is 16.5. The van der Waals surface area contributed by atoms with Gasteiger partial charge < -0.3 is 19.5 Å². The Labute approximate surface area is 130 Å². The first kappa shape index (κ1) is 18.8. The van der Waals surface area contributed by atoms with Gasteiger partial charge in [-0.1, -0.05) is 0 Å². The largest absolute Gasteiger partial charge is 0.384 e. The van der Waals surface area contributed by atoms with E-state index in [-0.39, 0.29) is 5.41 Å². The lowest BCUT2D eigenvalue weighted by molar-refractivity contribution is 0.00492. The van der Waals surface area contributed by atoms with E-state index >= 15 is 0 Å². The van der Waals surface area contributed by atoms with E-state index in [1.165, 1.54) is 12.8 Å². The molecule has 1 heterocycles. The number of hydrogen-bond donors (Lipinski definition) is 1. The Morgan fingerprint density at radius 2 is 1.57 bits per heavy atom. The molecule has 1 fully saturated rings. The van der Waals surface area contributed by atoms with Crippen LogP contribution in [0.1, 0.15) is 26.7 Å². The van der Waals surface area contributed by atoms with Gasteiger partial charge in [0.05, 0.1) is 19.8 Å². The Balaban J connectivity index is 2.52. The number of ether oxygens (including phenoxy) is 3. The van der Waals surface area contributed by atoms with E-state index in [1.807, 2.05) is 21.0 Å². The Kier molecular flexibility index (Phi) is 10.2. The number of hydrogen-bond acceptors (Lipinski definition) is 5. The van der Waals surface area contributed by atoms with Crippen LogP contribution in [0.15, 0.2) is 0 Å². The maximum atomic E-state index is 5.53. The zero-order valence-electron chi connectivity index (χ0n) is 14.2. The second-order valence-electron chi connectivity index (χ2n) is 5.85. The van der Waals surface area contributed by atoms with Crippen LogP contribution in [0.4, 0.5) is 0 Å². The van der Waals surface area contributed by atoms with E-state index in [9.17, 15) is 0 Å². The van der Waals surface area contributed by atoms with E-state index in [4.69, 9.17) is 14.2 Å². The van der Waals surface area contributed by atoms with Gasteiger partial charge in [-0.05, 0) is 39.8 Å². The van der Waals surface area contributed by atoms with Gasteiger partial charge in [0, 0.05) is 45.4 Å². The van der Waals surface area contributed by atoms with Gasteiger partial charge in [0.15, 0.2) is 0 Å². The fourth-order valence-electron chi connectivity index (χ4n) is 3.03. The van der Waals surface area contributed by atoms with Crippen molar-refractivity contribution >= 4 is 0 Å². The quantitative estimate of drug-likeness (QED) is 0.552. The van der Waals surface area contributed by atoms with Crippen molar-refractivity contribution in [2.45, 2.75) is 26.7 Å². The van der Waals surface area contributed by atoms with E-state index in [0.717, 1.165) is 65.8 Å². The van der Waals surface area contributed by atoms with Crippen LogP contribution < -0.4 is 5.32 Å². The third-order valence-electron chi connectivity index (χ3n) is 4.19. The lowest BCUT2D eigenvalue weighted by Gasteiger charge is -2.41. The van der Waals surface area contributed by atoms with Gasteiger partial charge in [0.25, 0.3) is 0 Å². The molecule has 21 heavy (non-hydrogen) atoms. The molecule has 0 radical (unpaired) electrons. The van der Waals surface area contributed by atoms with Gasteiger partial charge in [-0.3, -0.25) is 4.90 Å². The van der Waals surface area contributed by atoms with Crippen molar-refractivity contribution in [2.75, 3.05) is 72.9 Å². The second kappa shape index (κ2) is 11.4. The highest BCUT2D eigenvalue weighted by Crippen LogP contribution is 2.30. The minimum Gasteiger partial charge on any atom is -0.384 e. The smallest absolute Gasteiger partial charge is 0.0593 e. The molecule has 1 aliphatic heterocycles. The summed E-state index contributed by atoms with van der Waals surface area (Å²) in [5.74, 6) is 0. The Hall–Kier alpha value is -0.200. The molecule has 0 aromatic carbocycles. The fourth-order valence-corrected chi connectivity index (χ4v) is 3.03. The van der Waals surface area contributed by atoms with E-state index in [2.05, 4.69) is 10.2 Å². The monoisotopic (exact) mass is 302 g/mol. The van der Waals surface area contributed by atoms with Crippen LogP contribution in [0.2, 0.25) is 0 Å². The maximum absolute atomic E-state index is 5.53. The van der Waals surface area contributed by atoms with Gasteiger partial charge in [0.1, 0.15) is 0 Å². The first-order chi connectivity index (χ1) is 10.3. The first-order valence-corrected chi connectivity index (χ1v) is 8.34. The summed E-state index contributed by atoms with van der Waals surface area (Å²) in [7, 11) is 1.81. The summed E-state index contributed by atoms with van der Waals surface area (Å²) in [6.45, 7) is 13.3. The lowest BCUT2D eigenvalue weighted by atomic mass is 9.79. The third kappa shape index (κ3) is 7.56. The Morgan fingerprint density at radius 1 is 1.00 bits per heavy atom. The summed E-state index contributed by atoms with van der Waals surface area (Å²) < 4.78 is 16.6. The van der Waals surface area contributed by atoms with Crippen LogP contribution in [-0.4, -0.2) is 77.8 Å². The van der Waals surface area contributed by atoms with Crippen molar-refractivity contribution in [3.05, 3.63) is 0 Å². The third-order valence-corrected chi connectivity index (χ3v) is 4.19. The predicted octanol–water partition coefficient (Wildman–Crippen LogP) is 1.38. The molecule has 1 aliphatic rings. The molecule has 126 valence electrons. The van der Waals surface area contributed by atoms with Crippen molar-refractivity contribution in [3.8, 4) is 0 Å². The number of rotatable bonds is 12. The van der Waals surface area contributed by atoms with E-state index in [1.54, 1.807) is 0 Å². The predicted molar refractivity (Wildman–Crippen MR) is 85.8 cm³/mol. The highest BCUT2D eigenvalue weighted by Gasteiger charge is 2.33. The molecular weight excluding hydrogens is 268 g/mol. The number of methoxy groups -OCH3 is 1. The molecule has 0 aliphatic carbocycles. The first-order valence-electron chi connectivity index (χ1n) is 8.34. The van der Waals surface area contributed by atoms with Gasteiger partial charge in [-0.15, -0.1) is 0 Å². The molecule has 5 nitrogen and oxygen atoms in total. The summed E-state index contributed by atoms with van der Waals surface area (Å²) in [6.07, 6.45) is 2.36. The molecule has 1 rings (SSSR count). The van der Waals surface area contributed by atoms with Crippen LogP contribution in [-0.2, 0) is 14.2 Å². The van der Waals surface area contributed by atoms with Gasteiger partial charge in [-0.25, -0.2) is 0 Å². The fraction of sp³-hybridized carbons (Fsp3) is 1.00. The van der Waals surface area contributed by atoms with Crippen molar-refractivity contribution in [1.29, 1.82) is 0 Å². The number of nitrogens with one attached hydrogen (secondary N) is 1. The average Bonchev–Trinajstić information content (AvgIpc) is 2.49. The minimum absolute atomic E-state index is 0.276. The molecule has 0 spiro atoms. The van der Waals surface area contributed by atoms with Crippen LogP contribution in [0, 0.1) is 5.41 Å². The molecule has 1 saturated heterocycles. The van der Waals surface area contributed by atoms with Crippen LogP contribution in [0.3, 0.4) is 0 Å². The van der Waals surface area contributed by atoms with Crippen LogP contribution in [0.5, 0.6) is 0 Å². The Bertz CT molecular complexity index is 230. The molecule has 0 aromatic rings. The summed E-state index contributed by atoms with van der Waals surface area (Å²) >= 11 is 0. The maximum Gasteiger partial charge on any atom is 0.0593 e. The topological polar surface area (TPSA) is 43.0 Å². The number of nitrogens with zero attached hydrogens (tertiary/aromatic N) is 1. The number of piperidine rings is 1. The van der Waals surface area contributed by atoms with Crippen molar-refractivity contribution in [2.24, 2.45) is 5.41 Å². The van der Waals surface area contributed by atoms with Crippen molar-refractivity contribution in [3.63, 3.8) is 0 Å². The summed E-state index contributed by atoms with van der Waals surface area (Å²) in [5.41, 5.74) is 0.276. The minimum atomic E-state index is 0.276. The SMILES string of the molecule is CCOCCN(CCOCC)CC1(COC)CCNCC1. The van der Waals surface area contributed by atoms with Gasteiger partial charge in [0.2, 0.25) is 0 Å². The molecule has 0 saturated carbocycles. The van der Waals surface area contributed by atoms with E-state index in [0.29, 0.717) is 0 Å². The molecule has 5 heteroatoms.